The SMILES string of the molecule is CC(CO)COc1ccc(C#Cc2ccccc2C(=O)O)cc1C12CC3CC(CC(C3)C1)C2. The van der Waals surface area contributed by atoms with Crippen molar-refractivity contribution in [2.75, 3.05) is 13.2 Å². The Labute approximate surface area is 196 Å². The van der Waals surface area contributed by atoms with Gasteiger partial charge in [-0.1, -0.05) is 30.9 Å². The standard InChI is InChI=1S/C29H32O4/c1-19(17-30)18-33-27-9-7-20(6-8-24-4-2-3-5-25(24)28(31)32)13-26(27)29-14-21-10-22(15-29)12-23(11-21)16-29/h2-5,7,9,13,19,21-23,30H,10-12,14-18H2,1H3,(H,31,32). The van der Waals surface area contributed by atoms with E-state index >= 15 is 0 Å². The van der Waals surface area contributed by atoms with Gasteiger partial charge in [0, 0.05) is 29.2 Å². The van der Waals surface area contributed by atoms with Crippen molar-refractivity contribution >= 4 is 5.97 Å². The number of aliphatic hydroxyl groups is 1. The Hall–Kier alpha value is -2.77. The molecule has 0 aliphatic heterocycles. The fourth-order valence-corrected chi connectivity index (χ4v) is 6.79. The molecule has 0 aromatic heterocycles. The lowest BCUT2D eigenvalue weighted by molar-refractivity contribution is -0.00659. The molecule has 1 atom stereocenters. The molecule has 33 heavy (non-hydrogen) atoms. The molecule has 2 aromatic rings. The van der Waals surface area contributed by atoms with Crippen LogP contribution in [-0.2, 0) is 5.41 Å². The van der Waals surface area contributed by atoms with Gasteiger partial charge in [-0.2, -0.15) is 0 Å². The van der Waals surface area contributed by atoms with Crippen molar-refractivity contribution in [2.45, 2.75) is 50.9 Å². The molecule has 0 heterocycles. The first-order valence-electron chi connectivity index (χ1n) is 12.2. The normalized spacial score (nSPS) is 28.1. The molecular formula is C29H32O4. The van der Waals surface area contributed by atoms with Crippen LogP contribution in [0.3, 0.4) is 0 Å². The Morgan fingerprint density at radius 1 is 1.06 bits per heavy atom. The predicted molar refractivity (Wildman–Crippen MR) is 127 cm³/mol. The molecule has 0 saturated heterocycles. The van der Waals surface area contributed by atoms with Gasteiger partial charge < -0.3 is 14.9 Å². The zero-order valence-electron chi connectivity index (χ0n) is 19.2. The second-order valence-electron chi connectivity index (χ2n) is 10.6. The maximum Gasteiger partial charge on any atom is 0.336 e. The van der Waals surface area contributed by atoms with E-state index in [0.717, 1.165) is 29.1 Å². The summed E-state index contributed by atoms with van der Waals surface area (Å²) < 4.78 is 6.26. The summed E-state index contributed by atoms with van der Waals surface area (Å²) in [6.45, 7) is 2.59. The Morgan fingerprint density at radius 2 is 1.73 bits per heavy atom. The van der Waals surface area contributed by atoms with E-state index in [0.29, 0.717) is 12.2 Å². The number of carbonyl (C=O) groups is 1. The van der Waals surface area contributed by atoms with Crippen LogP contribution < -0.4 is 4.74 Å². The quantitative estimate of drug-likeness (QED) is 0.597. The minimum Gasteiger partial charge on any atom is -0.493 e. The maximum absolute atomic E-state index is 11.5. The smallest absolute Gasteiger partial charge is 0.336 e. The molecule has 0 spiro atoms. The highest BCUT2D eigenvalue weighted by molar-refractivity contribution is 5.90. The highest BCUT2D eigenvalue weighted by Gasteiger charge is 2.52. The number of aliphatic hydroxyl groups excluding tert-OH is 1. The number of carboxylic acid groups (broad SMARTS) is 1. The van der Waals surface area contributed by atoms with Gasteiger partial charge in [0.25, 0.3) is 0 Å². The molecule has 4 aliphatic rings. The van der Waals surface area contributed by atoms with Crippen molar-refractivity contribution in [3.8, 4) is 17.6 Å². The number of rotatable bonds is 6. The van der Waals surface area contributed by atoms with E-state index in [4.69, 9.17) is 4.74 Å². The van der Waals surface area contributed by atoms with Crippen LogP contribution in [0.2, 0.25) is 0 Å². The largest absolute Gasteiger partial charge is 0.493 e. The van der Waals surface area contributed by atoms with Crippen molar-refractivity contribution in [1.82, 2.24) is 0 Å². The van der Waals surface area contributed by atoms with Crippen LogP contribution >= 0.6 is 0 Å². The summed E-state index contributed by atoms with van der Waals surface area (Å²) in [5.74, 6) is 8.81. The third-order valence-electron chi connectivity index (χ3n) is 7.92. The van der Waals surface area contributed by atoms with E-state index < -0.39 is 5.97 Å². The van der Waals surface area contributed by atoms with E-state index in [1.165, 1.54) is 44.1 Å². The summed E-state index contributed by atoms with van der Waals surface area (Å²) in [7, 11) is 0. The van der Waals surface area contributed by atoms with Crippen molar-refractivity contribution in [2.24, 2.45) is 23.7 Å². The highest BCUT2D eigenvalue weighted by atomic mass is 16.5. The van der Waals surface area contributed by atoms with E-state index in [-0.39, 0.29) is 23.5 Å². The van der Waals surface area contributed by atoms with Gasteiger partial charge in [0.2, 0.25) is 0 Å². The van der Waals surface area contributed by atoms with Crippen LogP contribution in [0.4, 0.5) is 0 Å². The summed E-state index contributed by atoms with van der Waals surface area (Å²) >= 11 is 0. The summed E-state index contributed by atoms with van der Waals surface area (Å²) in [6.07, 6.45) is 7.81. The Balaban J connectivity index is 1.52. The van der Waals surface area contributed by atoms with Gasteiger partial charge in [-0.05, 0) is 92.0 Å². The topological polar surface area (TPSA) is 66.8 Å². The number of hydrogen-bond donors (Lipinski definition) is 2. The average Bonchev–Trinajstić information content (AvgIpc) is 2.80. The number of aromatic carboxylic acids is 1. The van der Waals surface area contributed by atoms with Gasteiger partial charge in [0.15, 0.2) is 0 Å². The van der Waals surface area contributed by atoms with Crippen molar-refractivity contribution in [3.05, 3.63) is 64.7 Å². The summed E-state index contributed by atoms with van der Waals surface area (Å²) in [4.78, 5) is 11.5. The van der Waals surface area contributed by atoms with Gasteiger partial charge in [0.1, 0.15) is 5.75 Å². The lowest BCUT2D eigenvalue weighted by Gasteiger charge is -2.57. The number of hydrogen-bond acceptors (Lipinski definition) is 3. The molecular weight excluding hydrogens is 412 g/mol. The molecule has 4 saturated carbocycles. The van der Waals surface area contributed by atoms with E-state index in [1.54, 1.807) is 18.2 Å². The monoisotopic (exact) mass is 444 g/mol. The highest BCUT2D eigenvalue weighted by Crippen LogP contribution is 2.62. The molecule has 4 fully saturated rings. The third kappa shape index (κ3) is 4.39. The molecule has 2 N–H and O–H groups in total. The number of ether oxygens (including phenoxy) is 1. The van der Waals surface area contributed by atoms with Crippen molar-refractivity contribution in [1.29, 1.82) is 0 Å². The zero-order valence-corrected chi connectivity index (χ0v) is 19.2. The molecule has 0 amide bonds. The predicted octanol–water partition coefficient (Wildman–Crippen LogP) is 5.26. The minimum absolute atomic E-state index is 0.0844. The second kappa shape index (κ2) is 8.88. The molecule has 172 valence electrons. The lowest BCUT2D eigenvalue weighted by atomic mass is 9.48. The zero-order chi connectivity index (χ0) is 23.0. The van der Waals surface area contributed by atoms with Gasteiger partial charge in [-0.3, -0.25) is 0 Å². The molecule has 2 aromatic carbocycles. The molecule has 6 rings (SSSR count). The Kier molecular flexibility index (Phi) is 5.93. The summed E-state index contributed by atoms with van der Waals surface area (Å²) in [5.41, 5.74) is 3.07. The first-order chi connectivity index (χ1) is 16.0. The number of carboxylic acids is 1. The first kappa shape index (κ1) is 22.0. The van der Waals surface area contributed by atoms with E-state index in [1.807, 2.05) is 25.1 Å². The van der Waals surface area contributed by atoms with Crippen molar-refractivity contribution in [3.63, 3.8) is 0 Å². The van der Waals surface area contributed by atoms with Gasteiger partial charge in [-0.15, -0.1) is 0 Å². The van der Waals surface area contributed by atoms with E-state index in [9.17, 15) is 15.0 Å². The maximum atomic E-state index is 11.5. The fraction of sp³-hybridized carbons (Fsp3) is 0.483. The Bertz CT molecular complexity index is 1070. The van der Waals surface area contributed by atoms with Gasteiger partial charge >= 0.3 is 5.97 Å². The molecule has 4 nitrogen and oxygen atoms in total. The third-order valence-corrected chi connectivity index (χ3v) is 7.92. The fourth-order valence-electron chi connectivity index (χ4n) is 6.79. The van der Waals surface area contributed by atoms with Gasteiger partial charge in [0.05, 0.1) is 12.2 Å². The van der Waals surface area contributed by atoms with Crippen LogP contribution in [0.1, 0.15) is 72.5 Å². The van der Waals surface area contributed by atoms with Gasteiger partial charge in [-0.25, -0.2) is 4.79 Å². The molecule has 0 radical (unpaired) electrons. The summed E-state index contributed by atoms with van der Waals surface area (Å²) in [5, 5.41) is 18.9. The molecule has 4 aliphatic carbocycles. The second-order valence-corrected chi connectivity index (χ2v) is 10.6. The lowest BCUT2D eigenvalue weighted by Crippen LogP contribution is -2.48. The molecule has 4 heteroatoms. The molecule has 4 bridgehead atoms. The first-order valence-corrected chi connectivity index (χ1v) is 12.2. The van der Waals surface area contributed by atoms with Crippen LogP contribution in [-0.4, -0.2) is 29.4 Å². The summed E-state index contributed by atoms with van der Waals surface area (Å²) in [6, 6.07) is 13.1. The van der Waals surface area contributed by atoms with Crippen LogP contribution in [0.25, 0.3) is 0 Å². The Morgan fingerprint density at radius 3 is 2.36 bits per heavy atom. The van der Waals surface area contributed by atoms with Crippen LogP contribution in [0, 0.1) is 35.5 Å². The number of benzene rings is 2. The minimum atomic E-state index is -0.962. The van der Waals surface area contributed by atoms with E-state index in [2.05, 4.69) is 17.9 Å². The van der Waals surface area contributed by atoms with Crippen LogP contribution in [0.15, 0.2) is 42.5 Å². The average molecular weight is 445 g/mol. The van der Waals surface area contributed by atoms with Crippen LogP contribution in [0.5, 0.6) is 5.75 Å². The molecule has 1 unspecified atom stereocenters. The van der Waals surface area contributed by atoms with Crippen molar-refractivity contribution < 1.29 is 19.7 Å².